The molecule has 0 radical (unpaired) electrons. The molecule has 3 unspecified atom stereocenters. The van der Waals surface area contributed by atoms with E-state index in [0.29, 0.717) is 12.0 Å². The molecule has 102 valence electrons. The molecule has 3 atom stereocenters. The highest BCUT2D eigenvalue weighted by molar-refractivity contribution is 5.14. The molecule has 0 bridgehead atoms. The normalized spacial score (nSPS) is 28.8. The molecule has 1 fully saturated rings. The van der Waals surface area contributed by atoms with Crippen LogP contribution in [0.4, 0.5) is 0 Å². The SMILES string of the molecule is CC1CCC(CNC(C)C)C(c2cnn(C)c2)C1. The molecular formula is C15H27N3. The van der Waals surface area contributed by atoms with E-state index < -0.39 is 0 Å². The van der Waals surface area contributed by atoms with E-state index in [9.17, 15) is 0 Å². The Morgan fingerprint density at radius 1 is 1.44 bits per heavy atom. The first-order valence-corrected chi connectivity index (χ1v) is 7.28. The van der Waals surface area contributed by atoms with E-state index >= 15 is 0 Å². The lowest BCUT2D eigenvalue weighted by atomic mass is 9.72. The molecule has 1 saturated carbocycles. The third-order valence-corrected chi connectivity index (χ3v) is 4.20. The lowest BCUT2D eigenvalue weighted by Crippen LogP contribution is -2.34. The molecule has 1 heterocycles. The predicted molar refractivity (Wildman–Crippen MR) is 75.6 cm³/mol. The zero-order chi connectivity index (χ0) is 13.1. The Labute approximate surface area is 111 Å². The zero-order valence-corrected chi connectivity index (χ0v) is 12.2. The second kappa shape index (κ2) is 5.87. The number of nitrogens with zero attached hydrogens (tertiary/aromatic N) is 2. The molecule has 1 aromatic heterocycles. The molecule has 0 amide bonds. The summed E-state index contributed by atoms with van der Waals surface area (Å²) < 4.78 is 1.93. The van der Waals surface area contributed by atoms with Crippen LogP contribution in [0.2, 0.25) is 0 Å². The summed E-state index contributed by atoms with van der Waals surface area (Å²) in [5.74, 6) is 2.31. The summed E-state index contributed by atoms with van der Waals surface area (Å²) in [6.07, 6.45) is 8.30. The van der Waals surface area contributed by atoms with E-state index in [4.69, 9.17) is 0 Å². The monoisotopic (exact) mass is 249 g/mol. The number of hydrogen-bond donors (Lipinski definition) is 1. The third-order valence-electron chi connectivity index (χ3n) is 4.20. The summed E-state index contributed by atoms with van der Waals surface area (Å²) in [5, 5.41) is 7.95. The Bertz CT molecular complexity index is 370. The molecule has 1 N–H and O–H groups in total. The van der Waals surface area contributed by atoms with Crippen molar-refractivity contribution in [2.45, 2.75) is 52.0 Å². The molecule has 3 nitrogen and oxygen atoms in total. The fraction of sp³-hybridized carbons (Fsp3) is 0.800. The van der Waals surface area contributed by atoms with Gasteiger partial charge < -0.3 is 5.32 Å². The largest absolute Gasteiger partial charge is 0.314 e. The van der Waals surface area contributed by atoms with Gasteiger partial charge in [-0.3, -0.25) is 4.68 Å². The quantitative estimate of drug-likeness (QED) is 0.889. The van der Waals surface area contributed by atoms with Crippen molar-refractivity contribution in [3.05, 3.63) is 18.0 Å². The van der Waals surface area contributed by atoms with Crippen LogP contribution in [-0.2, 0) is 7.05 Å². The summed E-state index contributed by atoms with van der Waals surface area (Å²) in [7, 11) is 2.01. The van der Waals surface area contributed by atoms with Crippen molar-refractivity contribution in [2.24, 2.45) is 18.9 Å². The van der Waals surface area contributed by atoms with E-state index in [1.807, 2.05) is 11.7 Å². The minimum Gasteiger partial charge on any atom is -0.314 e. The average Bonchev–Trinajstić information content (AvgIpc) is 2.74. The van der Waals surface area contributed by atoms with Crippen LogP contribution in [0.15, 0.2) is 12.4 Å². The molecule has 0 spiro atoms. The summed E-state index contributed by atoms with van der Waals surface area (Å²) in [6, 6.07) is 0.582. The van der Waals surface area contributed by atoms with Gasteiger partial charge in [0.1, 0.15) is 0 Å². The van der Waals surface area contributed by atoms with Gasteiger partial charge in [0.2, 0.25) is 0 Å². The number of rotatable bonds is 4. The highest BCUT2D eigenvalue weighted by Crippen LogP contribution is 2.40. The first kappa shape index (κ1) is 13.6. The second-order valence-electron chi connectivity index (χ2n) is 6.30. The second-order valence-corrected chi connectivity index (χ2v) is 6.30. The highest BCUT2D eigenvalue weighted by atomic mass is 15.2. The minimum atomic E-state index is 0.582. The van der Waals surface area contributed by atoms with Crippen molar-refractivity contribution in [3.8, 4) is 0 Å². The van der Waals surface area contributed by atoms with Gasteiger partial charge in [-0.05, 0) is 42.7 Å². The maximum Gasteiger partial charge on any atom is 0.0524 e. The van der Waals surface area contributed by atoms with Crippen LogP contribution in [0.3, 0.4) is 0 Å². The highest BCUT2D eigenvalue weighted by Gasteiger charge is 2.30. The molecule has 1 aromatic rings. The summed E-state index contributed by atoms with van der Waals surface area (Å²) >= 11 is 0. The van der Waals surface area contributed by atoms with Gasteiger partial charge in [-0.15, -0.1) is 0 Å². The standard InChI is InChI=1S/C15H27N3/c1-11(2)16-8-13-6-5-12(3)7-15(13)14-9-17-18(4)10-14/h9-13,15-16H,5-8H2,1-4H3. The van der Waals surface area contributed by atoms with Crippen LogP contribution in [-0.4, -0.2) is 22.4 Å². The van der Waals surface area contributed by atoms with Crippen molar-refractivity contribution in [1.82, 2.24) is 15.1 Å². The van der Waals surface area contributed by atoms with Gasteiger partial charge in [-0.2, -0.15) is 5.10 Å². The number of aryl methyl sites for hydroxylation is 1. The van der Waals surface area contributed by atoms with Gasteiger partial charge in [0.05, 0.1) is 6.20 Å². The first-order valence-electron chi connectivity index (χ1n) is 7.28. The summed E-state index contributed by atoms with van der Waals surface area (Å²) in [4.78, 5) is 0. The van der Waals surface area contributed by atoms with Gasteiger partial charge in [0, 0.05) is 19.3 Å². The first-order chi connectivity index (χ1) is 8.56. The third kappa shape index (κ3) is 3.35. The van der Waals surface area contributed by atoms with Crippen LogP contribution in [0.25, 0.3) is 0 Å². The van der Waals surface area contributed by atoms with E-state index in [-0.39, 0.29) is 0 Å². The van der Waals surface area contributed by atoms with Gasteiger partial charge in [0.15, 0.2) is 0 Å². The average molecular weight is 249 g/mol. The van der Waals surface area contributed by atoms with Gasteiger partial charge in [0.25, 0.3) is 0 Å². The molecule has 3 heteroatoms. The zero-order valence-electron chi connectivity index (χ0n) is 12.2. The molecule has 1 aliphatic rings. The smallest absolute Gasteiger partial charge is 0.0524 e. The Morgan fingerprint density at radius 3 is 2.83 bits per heavy atom. The van der Waals surface area contributed by atoms with Crippen LogP contribution < -0.4 is 5.32 Å². The maximum atomic E-state index is 4.34. The van der Waals surface area contributed by atoms with Crippen molar-refractivity contribution in [2.75, 3.05) is 6.54 Å². The molecule has 0 aliphatic heterocycles. The van der Waals surface area contributed by atoms with Crippen molar-refractivity contribution >= 4 is 0 Å². The topological polar surface area (TPSA) is 29.9 Å². The fourth-order valence-electron chi connectivity index (χ4n) is 3.11. The molecule has 18 heavy (non-hydrogen) atoms. The summed E-state index contributed by atoms with van der Waals surface area (Å²) in [5.41, 5.74) is 1.43. The van der Waals surface area contributed by atoms with Crippen LogP contribution in [0.5, 0.6) is 0 Å². The molecule has 0 aromatic carbocycles. The van der Waals surface area contributed by atoms with Crippen molar-refractivity contribution < 1.29 is 0 Å². The van der Waals surface area contributed by atoms with Crippen LogP contribution in [0, 0.1) is 11.8 Å². The molecule has 1 aliphatic carbocycles. The fourth-order valence-corrected chi connectivity index (χ4v) is 3.11. The maximum absolute atomic E-state index is 4.34. The van der Waals surface area contributed by atoms with E-state index in [0.717, 1.165) is 18.4 Å². The van der Waals surface area contributed by atoms with Crippen LogP contribution >= 0.6 is 0 Å². The molecule has 0 saturated heterocycles. The van der Waals surface area contributed by atoms with E-state index in [2.05, 4.69) is 43.6 Å². The Balaban J connectivity index is 2.06. The number of nitrogens with one attached hydrogen (secondary N) is 1. The van der Waals surface area contributed by atoms with Crippen molar-refractivity contribution in [3.63, 3.8) is 0 Å². The lowest BCUT2D eigenvalue weighted by molar-refractivity contribution is 0.238. The molecule has 2 rings (SSSR count). The Morgan fingerprint density at radius 2 is 2.22 bits per heavy atom. The Kier molecular flexibility index (Phi) is 4.44. The van der Waals surface area contributed by atoms with Crippen LogP contribution in [0.1, 0.15) is 51.5 Å². The minimum absolute atomic E-state index is 0.582. The van der Waals surface area contributed by atoms with Gasteiger partial charge in [-0.25, -0.2) is 0 Å². The number of aromatic nitrogens is 2. The summed E-state index contributed by atoms with van der Waals surface area (Å²) in [6.45, 7) is 7.98. The van der Waals surface area contributed by atoms with E-state index in [1.54, 1.807) is 0 Å². The van der Waals surface area contributed by atoms with E-state index in [1.165, 1.54) is 24.8 Å². The lowest BCUT2D eigenvalue weighted by Gasteiger charge is -2.35. The van der Waals surface area contributed by atoms with Gasteiger partial charge in [-0.1, -0.05) is 27.2 Å². The van der Waals surface area contributed by atoms with Crippen molar-refractivity contribution in [1.29, 1.82) is 0 Å². The predicted octanol–water partition coefficient (Wildman–Crippen LogP) is 2.94. The Hall–Kier alpha value is -0.830. The van der Waals surface area contributed by atoms with Gasteiger partial charge >= 0.3 is 0 Å². The number of hydrogen-bond acceptors (Lipinski definition) is 2. The molecular weight excluding hydrogens is 222 g/mol.